The lowest BCUT2D eigenvalue weighted by Gasteiger charge is -2.37. The van der Waals surface area contributed by atoms with Gasteiger partial charge in [0, 0.05) is 0 Å². The minimum absolute atomic E-state index is 0.0420. The SMILES string of the molecule is CC(C)(C(=O)O)C(C)(OCc1ccccc1)C(=O)O. The molecule has 0 aromatic heterocycles. The van der Waals surface area contributed by atoms with E-state index in [1.165, 1.54) is 20.8 Å². The zero-order valence-electron chi connectivity index (χ0n) is 11.2. The van der Waals surface area contributed by atoms with E-state index in [1.807, 2.05) is 6.07 Å². The Bertz CT molecular complexity index is 466. The fourth-order valence-corrected chi connectivity index (χ4v) is 1.52. The lowest BCUT2D eigenvalue weighted by atomic mass is 9.75. The van der Waals surface area contributed by atoms with E-state index in [4.69, 9.17) is 4.74 Å². The highest BCUT2D eigenvalue weighted by Crippen LogP contribution is 2.35. The van der Waals surface area contributed by atoms with Crippen molar-refractivity contribution >= 4 is 11.9 Å². The van der Waals surface area contributed by atoms with Crippen LogP contribution in [0.25, 0.3) is 0 Å². The van der Waals surface area contributed by atoms with E-state index in [-0.39, 0.29) is 6.61 Å². The summed E-state index contributed by atoms with van der Waals surface area (Å²) in [7, 11) is 0. The van der Waals surface area contributed by atoms with Gasteiger partial charge in [0.2, 0.25) is 0 Å². The molecule has 1 atom stereocenters. The highest BCUT2D eigenvalue weighted by molar-refractivity contribution is 5.87. The summed E-state index contributed by atoms with van der Waals surface area (Å²) in [6.45, 7) is 4.01. The molecule has 0 saturated heterocycles. The third-order valence-electron chi connectivity index (χ3n) is 3.51. The zero-order chi connectivity index (χ0) is 14.7. The third kappa shape index (κ3) is 2.93. The summed E-state index contributed by atoms with van der Waals surface area (Å²) in [5.41, 5.74) is -2.57. The first-order valence-electron chi connectivity index (χ1n) is 5.86. The van der Waals surface area contributed by atoms with Crippen molar-refractivity contribution in [3.05, 3.63) is 35.9 Å². The smallest absolute Gasteiger partial charge is 0.336 e. The largest absolute Gasteiger partial charge is 0.481 e. The minimum Gasteiger partial charge on any atom is -0.481 e. The molecule has 0 aliphatic carbocycles. The normalized spacial score (nSPS) is 14.7. The summed E-state index contributed by atoms with van der Waals surface area (Å²) in [6, 6.07) is 9.02. The van der Waals surface area contributed by atoms with Crippen LogP contribution in [0.3, 0.4) is 0 Å². The molecule has 1 unspecified atom stereocenters. The van der Waals surface area contributed by atoms with E-state index < -0.39 is 23.0 Å². The Morgan fingerprint density at radius 2 is 1.58 bits per heavy atom. The predicted octanol–water partition coefficient (Wildman–Crippen LogP) is 2.16. The first kappa shape index (κ1) is 15.2. The standard InChI is InChI=1S/C14H18O5/c1-13(2,11(15)16)14(3,12(17)18)19-9-10-7-5-4-6-8-10/h4-8H,9H2,1-3H3,(H,15,16)(H,17,18). The van der Waals surface area contributed by atoms with E-state index in [9.17, 15) is 19.8 Å². The molecule has 1 rings (SSSR count). The molecule has 1 aromatic rings. The molecule has 0 spiro atoms. The molecule has 19 heavy (non-hydrogen) atoms. The Kier molecular flexibility index (Phi) is 4.32. The second-order valence-corrected chi connectivity index (χ2v) is 5.04. The van der Waals surface area contributed by atoms with Gasteiger partial charge in [-0.05, 0) is 26.3 Å². The first-order valence-corrected chi connectivity index (χ1v) is 5.86. The second-order valence-electron chi connectivity index (χ2n) is 5.04. The fourth-order valence-electron chi connectivity index (χ4n) is 1.52. The number of carboxylic acid groups (broad SMARTS) is 2. The number of benzene rings is 1. The zero-order valence-corrected chi connectivity index (χ0v) is 11.2. The van der Waals surface area contributed by atoms with Crippen molar-refractivity contribution in [2.45, 2.75) is 33.0 Å². The maximum Gasteiger partial charge on any atom is 0.336 e. The Balaban J connectivity index is 2.96. The van der Waals surface area contributed by atoms with Crippen LogP contribution in [0, 0.1) is 5.41 Å². The third-order valence-corrected chi connectivity index (χ3v) is 3.51. The average Bonchev–Trinajstić information content (AvgIpc) is 2.36. The van der Waals surface area contributed by atoms with E-state index in [0.717, 1.165) is 5.56 Å². The summed E-state index contributed by atoms with van der Waals surface area (Å²) < 4.78 is 5.42. The second kappa shape index (κ2) is 5.40. The highest BCUT2D eigenvalue weighted by atomic mass is 16.5. The van der Waals surface area contributed by atoms with Crippen LogP contribution in [-0.2, 0) is 20.9 Å². The summed E-state index contributed by atoms with van der Waals surface area (Å²) in [6.07, 6.45) is 0. The molecule has 0 fully saturated rings. The number of hydrogen-bond acceptors (Lipinski definition) is 3. The Morgan fingerprint density at radius 1 is 1.05 bits per heavy atom. The Hall–Kier alpha value is -1.88. The van der Waals surface area contributed by atoms with Gasteiger partial charge >= 0.3 is 11.9 Å². The van der Waals surface area contributed by atoms with Crippen LogP contribution in [0.15, 0.2) is 30.3 Å². The van der Waals surface area contributed by atoms with Crippen molar-refractivity contribution in [1.82, 2.24) is 0 Å². The van der Waals surface area contributed by atoms with E-state index in [0.29, 0.717) is 0 Å². The monoisotopic (exact) mass is 266 g/mol. The van der Waals surface area contributed by atoms with Gasteiger partial charge in [-0.15, -0.1) is 0 Å². The minimum atomic E-state index is -1.81. The number of carbonyl (C=O) groups is 2. The van der Waals surface area contributed by atoms with Crippen LogP contribution in [0.4, 0.5) is 0 Å². The molecule has 0 heterocycles. The molecule has 0 aliphatic heterocycles. The maximum absolute atomic E-state index is 11.4. The summed E-state index contributed by atoms with van der Waals surface area (Å²) in [4.78, 5) is 22.6. The van der Waals surface area contributed by atoms with Crippen LogP contribution in [0.1, 0.15) is 26.3 Å². The fraction of sp³-hybridized carbons (Fsp3) is 0.429. The van der Waals surface area contributed by atoms with Crippen LogP contribution in [0.5, 0.6) is 0 Å². The van der Waals surface area contributed by atoms with E-state index in [2.05, 4.69) is 0 Å². The van der Waals surface area contributed by atoms with E-state index >= 15 is 0 Å². The van der Waals surface area contributed by atoms with Gasteiger partial charge < -0.3 is 14.9 Å². The van der Waals surface area contributed by atoms with Gasteiger partial charge in [0.15, 0.2) is 5.60 Å². The number of rotatable bonds is 6. The molecule has 5 nitrogen and oxygen atoms in total. The van der Waals surface area contributed by atoms with Crippen molar-refractivity contribution < 1.29 is 24.5 Å². The molecule has 0 bridgehead atoms. The lowest BCUT2D eigenvalue weighted by molar-refractivity contribution is -0.194. The summed E-state index contributed by atoms with van der Waals surface area (Å²) >= 11 is 0. The number of ether oxygens (including phenoxy) is 1. The Morgan fingerprint density at radius 3 is 2.00 bits per heavy atom. The van der Waals surface area contributed by atoms with Gasteiger partial charge in [-0.3, -0.25) is 4.79 Å². The van der Waals surface area contributed by atoms with Crippen molar-refractivity contribution in [2.75, 3.05) is 0 Å². The lowest BCUT2D eigenvalue weighted by Crippen LogP contribution is -2.54. The van der Waals surface area contributed by atoms with Crippen molar-refractivity contribution in [2.24, 2.45) is 5.41 Å². The van der Waals surface area contributed by atoms with Crippen LogP contribution in [0.2, 0.25) is 0 Å². The topological polar surface area (TPSA) is 83.8 Å². The molecule has 104 valence electrons. The van der Waals surface area contributed by atoms with Gasteiger partial charge in [0.25, 0.3) is 0 Å². The summed E-state index contributed by atoms with van der Waals surface area (Å²) in [5.74, 6) is -2.51. The molecule has 0 aliphatic rings. The van der Waals surface area contributed by atoms with Crippen molar-refractivity contribution in [3.63, 3.8) is 0 Å². The maximum atomic E-state index is 11.4. The Labute approximate surface area is 111 Å². The number of aliphatic carboxylic acids is 2. The molecule has 5 heteroatoms. The quantitative estimate of drug-likeness (QED) is 0.824. The molecule has 0 saturated carbocycles. The van der Waals surface area contributed by atoms with Gasteiger partial charge in [0.05, 0.1) is 6.61 Å². The summed E-state index contributed by atoms with van der Waals surface area (Å²) in [5, 5.41) is 18.5. The van der Waals surface area contributed by atoms with Crippen molar-refractivity contribution in [1.29, 1.82) is 0 Å². The number of hydrogen-bond donors (Lipinski definition) is 2. The van der Waals surface area contributed by atoms with Crippen LogP contribution < -0.4 is 0 Å². The van der Waals surface area contributed by atoms with Crippen LogP contribution >= 0.6 is 0 Å². The molecule has 0 radical (unpaired) electrons. The molecule has 1 aromatic carbocycles. The highest BCUT2D eigenvalue weighted by Gasteiger charge is 2.53. The van der Waals surface area contributed by atoms with Crippen molar-refractivity contribution in [3.8, 4) is 0 Å². The molecular weight excluding hydrogens is 248 g/mol. The van der Waals surface area contributed by atoms with Gasteiger partial charge in [-0.1, -0.05) is 30.3 Å². The predicted molar refractivity (Wildman–Crippen MR) is 68.7 cm³/mol. The van der Waals surface area contributed by atoms with Gasteiger partial charge in [0.1, 0.15) is 5.41 Å². The number of carboxylic acids is 2. The van der Waals surface area contributed by atoms with Gasteiger partial charge in [-0.25, -0.2) is 4.79 Å². The molecule has 2 N–H and O–H groups in total. The molecular formula is C14H18O5. The van der Waals surface area contributed by atoms with Crippen LogP contribution in [-0.4, -0.2) is 27.8 Å². The molecule has 0 amide bonds. The average molecular weight is 266 g/mol. The van der Waals surface area contributed by atoms with E-state index in [1.54, 1.807) is 24.3 Å². The first-order chi connectivity index (χ1) is 8.72. The van der Waals surface area contributed by atoms with Gasteiger partial charge in [-0.2, -0.15) is 0 Å².